The molecule has 0 saturated heterocycles. The maximum absolute atomic E-state index is 3.57. The fraction of sp³-hybridized carbons (Fsp3) is 0. The van der Waals surface area contributed by atoms with E-state index in [2.05, 4.69) is 18.7 Å². The van der Waals surface area contributed by atoms with Crippen molar-refractivity contribution in [2.24, 2.45) is 0 Å². The molecule has 0 amide bonds. The first-order chi connectivity index (χ1) is 4.93. The molecule has 0 fully saturated rings. The van der Waals surface area contributed by atoms with Gasteiger partial charge < -0.3 is 0 Å². The van der Waals surface area contributed by atoms with Gasteiger partial charge >= 0.3 is 0 Å². The van der Waals surface area contributed by atoms with E-state index in [-0.39, 0.29) is 0 Å². The highest BCUT2D eigenvalue weighted by Gasteiger charge is 1.85. The van der Waals surface area contributed by atoms with Crippen LogP contribution in [0.1, 0.15) is 0 Å². The van der Waals surface area contributed by atoms with Crippen molar-refractivity contribution in [3.63, 3.8) is 0 Å². The van der Waals surface area contributed by atoms with E-state index < -0.39 is 0 Å². The summed E-state index contributed by atoms with van der Waals surface area (Å²) in [6.07, 6.45) is 15.9. The zero-order chi connectivity index (χ0) is 7.23. The van der Waals surface area contributed by atoms with Crippen LogP contribution in [0.5, 0.6) is 0 Å². The third kappa shape index (κ3) is 1.90. The Labute approximate surface area is 61.6 Å². The minimum Gasteiger partial charge on any atom is -0.0991 e. The van der Waals surface area contributed by atoms with Crippen LogP contribution >= 0.6 is 0 Å². The third-order valence-electron chi connectivity index (χ3n) is 1.22. The van der Waals surface area contributed by atoms with Gasteiger partial charge in [0.1, 0.15) is 0 Å². The van der Waals surface area contributed by atoms with E-state index >= 15 is 0 Å². The molecule has 0 saturated carbocycles. The van der Waals surface area contributed by atoms with Gasteiger partial charge in [0.25, 0.3) is 0 Å². The van der Waals surface area contributed by atoms with Crippen molar-refractivity contribution < 1.29 is 0 Å². The van der Waals surface area contributed by atoms with E-state index in [9.17, 15) is 0 Å². The van der Waals surface area contributed by atoms with Gasteiger partial charge in [-0.1, -0.05) is 55.2 Å². The summed E-state index contributed by atoms with van der Waals surface area (Å²) < 4.78 is 0. The van der Waals surface area contributed by atoms with Gasteiger partial charge in [-0.25, -0.2) is 0 Å². The van der Waals surface area contributed by atoms with Gasteiger partial charge in [0.15, 0.2) is 0 Å². The molecule has 0 aromatic heterocycles. The molecule has 0 N–H and O–H groups in total. The highest BCUT2D eigenvalue weighted by Crippen LogP contribution is 2.06. The van der Waals surface area contributed by atoms with E-state index in [1.807, 2.05) is 30.4 Å². The van der Waals surface area contributed by atoms with E-state index in [0.717, 1.165) is 0 Å². The summed E-state index contributed by atoms with van der Waals surface area (Å²) in [6.45, 7) is 3.57. The molecular formula is C10H10. The van der Waals surface area contributed by atoms with Crippen LogP contribution < -0.4 is 0 Å². The Balaban J connectivity index is 2.55. The SMILES string of the molecule is C=C/C=C/C=C1C=CC=C1. The summed E-state index contributed by atoms with van der Waals surface area (Å²) >= 11 is 0. The lowest BCUT2D eigenvalue weighted by atomic mass is 10.2. The lowest BCUT2D eigenvalue weighted by Gasteiger charge is -1.81. The summed E-state index contributed by atoms with van der Waals surface area (Å²) in [4.78, 5) is 0. The van der Waals surface area contributed by atoms with Crippen molar-refractivity contribution in [1.29, 1.82) is 0 Å². The van der Waals surface area contributed by atoms with Crippen LogP contribution in [0.2, 0.25) is 0 Å². The van der Waals surface area contributed by atoms with Crippen LogP contribution in [-0.4, -0.2) is 0 Å². The fourth-order valence-electron chi connectivity index (χ4n) is 0.745. The van der Waals surface area contributed by atoms with E-state index in [0.29, 0.717) is 0 Å². The molecule has 1 aliphatic carbocycles. The maximum atomic E-state index is 3.57. The Morgan fingerprint density at radius 3 is 2.40 bits per heavy atom. The molecule has 10 heavy (non-hydrogen) atoms. The van der Waals surface area contributed by atoms with Crippen molar-refractivity contribution in [2.75, 3.05) is 0 Å². The van der Waals surface area contributed by atoms with Gasteiger partial charge in [0.2, 0.25) is 0 Å². The third-order valence-corrected chi connectivity index (χ3v) is 1.22. The molecule has 0 aromatic rings. The molecule has 1 rings (SSSR count). The summed E-state index contributed by atoms with van der Waals surface area (Å²) in [5.74, 6) is 0. The number of rotatable bonds is 2. The van der Waals surface area contributed by atoms with Gasteiger partial charge in [-0.3, -0.25) is 0 Å². The molecule has 0 spiro atoms. The Morgan fingerprint density at radius 1 is 1.10 bits per heavy atom. The fourth-order valence-corrected chi connectivity index (χ4v) is 0.745. The molecule has 0 atom stereocenters. The van der Waals surface area contributed by atoms with E-state index in [4.69, 9.17) is 0 Å². The van der Waals surface area contributed by atoms with Crippen LogP contribution in [0.4, 0.5) is 0 Å². The molecule has 0 aromatic carbocycles. The van der Waals surface area contributed by atoms with Gasteiger partial charge in [0.05, 0.1) is 0 Å². The second-order valence-electron chi connectivity index (χ2n) is 2.01. The Morgan fingerprint density at radius 2 is 1.80 bits per heavy atom. The first kappa shape index (κ1) is 6.81. The zero-order valence-electron chi connectivity index (χ0n) is 5.83. The monoisotopic (exact) mass is 130 g/mol. The molecule has 0 unspecified atom stereocenters. The molecule has 0 heteroatoms. The predicted octanol–water partition coefficient (Wildman–Crippen LogP) is 2.78. The first-order valence-electron chi connectivity index (χ1n) is 3.27. The predicted molar refractivity (Wildman–Crippen MR) is 45.7 cm³/mol. The molecule has 0 radical (unpaired) electrons. The van der Waals surface area contributed by atoms with Crippen LogP contribution in [-0.2, 0) is 0 Å². The van der Waals surface area contributed by atoms with Crippen molar-refractivity contribution in [3.8, 4) is 0 Å². The van der Waals surface area contributed by atoms with Crippen LogP contribution in [0.25, 0.3) is 0 Å². The summed E-state index contributed by atoms with van der Waals surface area (Å²) in [5.41, 5.74) is 1.23. The maximum Gasteiger partial charge on any atom is -0.0257 e. The van der Waals surface area contributed by atoms with E-state index in [1.165, 1.54) is 5.57 Å². The lowest BCUT2D eigenvalue weighted by molar-refractivity contribution is 1.75. The van der Waals surface area contributed by atoms with Crippen molar-refractivity contribution in [1.82, 2.24) is 0 Å². The van der Waals surface area contributed by atoms with E-state index in [1.54, 1.807) is 6.08 Å². The molecule has 1 aliphatic rings. The van der Waals surface area contributed by atoms with Crippen molar-refractivity contribution in [3.05, 3.63) is 60.8 Å². The minimum absolute atomic E-state index is 1.23. The summed E-state index contributed by atoms with van der Waals surface area (Å²) in [6, 6.07) is 0. The molecular weight excluding hydrogens is 120 g/mol. The van der Waals surface area contributed by atoms with Gasteiger partial charge in [-0.2, -0.15) is 0 Å². The Kier molecular flexibility index (Phi) is 2.50. The number of hydrogen-bond donors (Lipinski definition) is 0. The second-order valence-corrected chi connectivity index (χ2v) is 2.01. The highest BCUT2D eigenvalue weighted by molar-refractivity contribution is 5.41. The van der Waals surface area contributed by atoms with Crippen molar-refractivity contribution >= 4 is 0 Å². The molecule has 0 aliphatic heterocycles. The Bertz CT molecular complexity index is 210. The quantitative estimate of drug-likeness (QED) is 0.504. The van der Waals surface area contributed by atoms with Gasteiger partial charge in [-0.05, 0) is 5.57 Å². The second kappa shape index (κ2) is 3.67. The highest BCUT2D eigenvalue weighted by atomic mass is 13.9. The molecule has 50 valence electrons. The summed E-state index contributed by atoms with van der Waals surface area (Å²) in [7, 11) is 0. The molecule has 0 heterocycles. The largest absolute Gasteiger partial charge is 0.0991 e. The van der Waals surface area contributed by atoms with Crippen molar-refractivity contribution in [2.45, 2.75) is 0 Å². The Hall–Kier alpha value is -1.30. The molecule has 0 nitrogen and oxygen atoms in total. The topological polar surface area (TPSA) is 0 Å². The first-order valence-corrected chi connectivity index (χ1v) is 3.27. The normalized spacial score (nSPS) is 15.0. The minimum atomic E-state index is 1.23. The summed E-state index contributed by atoms with van der Waals surface area (Å²) in [5, 5.41) is 0. The van der Waals surface area contributed by atoms with Crippen LogP contribution in [0.15, 0.2) is 60.8 Å². The van der Waals surface area contributed by atoms with Crippen LogP contribution in [0, 0.1) is 0 Å². The molecule has 0 bridgehead atoms. The van der Waals surface area contributed by atoms with Crippen LogP contribution in [0.3, 0.4) is 0 Å². The lowest BCUT2D eigenvalue weighted by Crippen LogP contribution is -1.61. The average molecular weight is 130 g/mol. The number of allylic oxidation sites excluding steroid dienone is 9. The average Bonchev–Trinajstić information content (AvgIpc) is 2.41. The number of hydrogen-bond acceptors (Lipinski definition) is 0. The zero-order valence-corrected chi connectivity index (χ0v) is 5.83. The smallest absolute Gasteiger partial charge is 0.0257 e. The standard InChI is InChI=1S/C10H10/c1-2-3-4-7-10-8-5-6-9-10/h2-9H,1H2/b4-3+. The van der Waals surface area contributed by atoms with Gasteiger partial charge in [0, 0.05) is 0 Å². The van der Waals surface area contributed by atoms with Gasteiger partial charge in [-0.15, -0.1) is 0 Å².